The Labute approximate surface area is 151 Å². The van der Waals surface area contributed by atoms with Crippen LogP contribution in [0.15, 0.2) is 46.9 Å². The Morgan fingerprint density at radius 3 is 2.42 bits per heavy atom. The predicted molar refractivity (Wildman–Crippen MR) is 100 cm³/mol. The molecule has 4 nitrogen and oxygen atoms in total. The second kappa shape index (κ2) is 8.11. The number of halogens is 1. The Hall–Kier alpha value is -2.14. The molecule has 2 amide bonds. The van der Waals surface area contributed by atoms with Crippen LogP contribution in [0.2, 0.25) is 0 Å². The highest BCUT2D eigenvalue weighted by Gasteiger charge is 2.15. The number of carbonyl (C=O) groups excluding carboxylic acids is 2. The van der Waals surface area contributed by atoms with Crippen LogP contribution >= 0.6 is 15.9 Å². The summed E-state index contributed by atoms with van der Waals surface area (Å²) in [6.07, 6.45) is 0. The maximum Gasteiger partial charge on any atom is 0.251 e. The number of rotatable bonds is 5. The fourth-order valence-electron chi connectivity index (χ4n) is 2.45. The third-order valence-electron chi connectivity index (χ3n) is 3.68. The van der Waals surface area contributed by atoms with Crippen molar-refractivity contribution in [2.45, 2.75) is 20.8 Å². The van der Waals surface area contributed by atoms with Gasteiger partial charge in [0.25, 0.3) is 5.91 Å². The lowest BCUT2D eigenvalue weighted by Crippen LogP contribution is -2.37. The molecule has 0 aliphatic carbocycles. The lowest BCUT2D eigenvalue weighted by Gasteiger charge is -2.23. The number of nitrogens with one attached hydrogen (secondary N) is 1. The van der Waals surface area contributed by atoms with Crippen molar-refractivity contribution < 1.29 is 9.59 Å². The Kier molecular flexibility index (Phi) is 6.15. The highest BCUT2D eigenvalue weighted by atomic mass is 79.9. The molecule has 1 N–H and O–H groups in total. The highest BCUT2D eigenvalue weighted by Crippen LogP contribution is 2.27. The van der Waals surface area contributed by atoms with Crippen LogP contribution in [0.4, 0.5) is 5.69 Å². The second-order valence-corrected chi connectivity index (χ2v) is 6.61. The lowest BCUT2D eigenvalue weighted by molar-refractivity contribution is -0.116. The Bertz CT molecular complexity index is 759. The van der Waals surface area contributed by atoms with Crippen molar-refractivity contribution in [1.29, 1.82) is 0 Å². The molecule has 5 heteroatoms. The van der Waals surface area contributed by atoms with Crippen LogP contribution in [0.1, 0.15) is 28.4 Å². The normalized spacial score (nSPS) is 10.3. The van der Waals surface area contributed by atoms with Gasteiger partial charge in [-0.1, -0.05) is 23.8 Å². The molecule has 0 aromatic heterocycles. The summed E-state index contributed by atoms with van der Waals surface area (Å²) in [5, 5.41) is 2.86. The molecule has 24 heavy (non-hydrogen) atoms. The van der Waals surface area contributed by atoms with E-state index in [0.29, 0.717) is 18.7 Å². The molecule has 0 atom stereocenters. The number of nitrogens with zero attached hydrogens (tertiary/aromatic N) is 1. The molecule has 0 saturated heterocycles. The van der Waals surface area contributed by atoms with Gasteiger partial charge >= 0.3 is 0 Å². The summed E-state index contributed by atoms with van der Waals surface area (Å²) in [4.78, 5) is 25.8. The van der Waals surface area contributed by atoms with Gasteiger partial charge in [0.05, 0.1) is 5.69 Å². The van der Waals surface area contributed by atoms with E-state index in [9.17, 15) is 9.59 Å². The Balaban J connectivity index is 2.02. The molecule has 0 spiro atoms. The number of carbonyl (C=O) groups is 2. The van der Waals surface area contributed by atoms with Crippen LogP contribution in [0.5, 0.6) is 0 Å². The third-order valence-corrected chi connectivity index (χ3v) is 4.31. The quantitative estimate of drug-likeness (QED) is 0.845. The monoisotopic (exact) mass is 388 g/mol. The molecule has 0 radical (unpaired) electrons. The van der Waals surface area contributed by atoms with E-state index in [2.05, 4.69) is 21.2 Å². The van der Waals surface area contributed by atoms with Gasteiger partial charge in [-0.2, -0.15) is 0 Å². The van der Waals surface area contributed by atoms with Crippen LogP contribution in [0, 0.1) is 13.8 Å². The van der Waals surface area contributed by atoms with Crippen LogP contribution in [0.3, 0.4) is 0 Å². The van der Waals surface area contributed by atoms with E-state index >= 15 is 0 Å². The summed E-state index contributed by atoms with van der Waals surface area (Å²) in [6, 6.07) is 13.3. The zero-order chi connectivity index (χ0) is 17.7. The molecule has 126 valence electrons. The van der Waals surface area contributed by atoms with E-state index in [1.165, 1.54) is 6.92 Å². The number of hydrogen-bond donors (Lipinski definition) is 1. The molecule has 0 saturated carbocycles. The van der Waals surface area contributed by atoms with Crippen molar-refractivity contribution in [1.82, 2.24) is 5.32 Å². The number of anilines is 1. The van der Waals surface area contributed by atoms with Gasteiger partial charge in [0.15, 0.2) is 0 Å². The van der Waals surface area contributed by atoms with E-state index in [-0.39, 0.29) is 11.8 Å². The van der Waals surface area contributed by atoms with E-state index in [0.717, 1.165) is 21.3 Å². The van der Waals surface area contributed by atoms with Crippen LogP contribution in [0.25, 0.3) is 0 Å². The molecule has 0 aliphatic rings. The van der Waals surface area contributed by atoms with Gasteiger partial charge in [-0.25, -0.2) is 0 Å². The topological polar surface area (TPSA) is 49.4 Å². The Morgan fingerprint density at radius 2 is 1.79 bits per heavy atom. The van der Waals surface area contributed by atoms with Gasteiger partial charge in [0, 0.05) is 30.0 Å². The SMILES string of the molecule is CC(=O)N(CCNC(=O)c1cccc(C)c1)c1ccc(C)cc1Br. The average Bonchev–Trinajstić information content (AvgIpc) is 2.52. The smallest absolute Gasteiger partial charge is 0.251 e. The standard InChI is InChI=1S/C19H21BrN2O2/c1-13-5-4-6-16(11-13)19(24)21-9-10-22(15(3)23)18-8-7-14(2)12-17(18)20/h4-8,11-12H,9-10H2,1-3H3,(H,21,24). The lowest BCUT2D eigenvalue weighted by atomic mass is 10.1. The largest absolute Gasteiger partial charge is 0.350 e. The van der Waals surface area contributed by atoms with Crippen LogP contribution in [-0.2, 0) is 4.79 Å². The van der Waals surface area contributed by atoms with Crippen molar-refractivity contribution in [3.63, 3.8) is 0 Å². The number of amides is 2. The molecular formula is C19H21BrN2O2. The van der Waals surface area contributed by atoms with Crippen molar-refractivity contribution in [2.24, 2.45) is 0 Å². The van der Waals surface area contributed by atoms with E-state index in [1.807, 2.05) is 50.2 Å². The molecule has 2 rings (SSSR count). The van der Waals surface area contributed by atoms with Crippen molar-refractivity contribution in [3.8, 4) is 0 Å². The summed E-state index contributed by atoms with van der Waals surface area (Å²) in [7, 11) is 0. The minimum atomic E-state index is -0.134. The maximum absolute atomic E-state index is 12.2. The Morgan fingerprint density at radius 1 is 1.08 bits per heavy atom. The molecule has 0 heterocycles. The van der Waals surface area contributed by atoms with Gasteiger partial charge in [-0.15, -0.1) is 0 Å². The van der Waals surface area contributed by atoms with Gasteiger partial charge in [0.2, 0.25) is 5.91 Å². The molecule has 0 aliphatic heterocycles. The second-order valence-electron chi connectivity index (χ2n) is 5.75. The molecular weight excluding hydrogens is 368 g/mol. The van der Waals surface area contributed by atoms with Crippen molar-refractivity contribution >= 4 is 33.4 Å². The number of benzene rings is 2. The number of aryl methyl sites for hydroxylation is 2. The maximum atomic E-state index is 12.2. The third kappa shape index (κ3) is 4.68. The summed E-state index contributed by atoms with van der Waals surface area (Å²) in [6.45, 7) is 6.26. The molecule has 0 unspecified atom stereocenters. The van der Waals surface area contributed by atoms with E-state index < -0.39 is 0 Å². The van der Waals surface area contributed by atoms with Gasteiger partial charge < -0.3 is 10.2 Å². The van der Waals surface area contributed by atoms with Crippen molar-refractivity contribution in [2.75, 3.05) is 18.0 Å². The predicted octanol–water partition coefficient (Wildman–Crippen LogP) is 3.85. The van der Waals surface area contributed by atoms with Crippen LogP contribution in [-0.4, -0.2) is 24.9 Å². The fourth-order valence-corrected chi connectivity index (χ4v) is 3.16. The first-order chi connectivity index (χ1) is 11.4. The minimum Gasteiger partial charge on any atom is -0.350 e. The molecule has 2 aromatic rings. The molecule has 2 aromatic carbocycles. The van der Waals surface area contributed by atoms with E-state index in [1.54, 1.807) is 11.0 Å². The average molecular weight is 389 g/mol. The zero-order valence-electron chi connectivity index (χ0n) is 14.1. The first-order valence-electron chi connectivity index (χ1n) is 7.77. The van der Waals surface area contributed by atoms with Gasteiger partial charge in [0.1, 0.15) is 0 Å². The minimum absolute atomic E-state index is 0.0654. The van der Waals surface area contributed by atoms with Crippen molar-refractivity contribution in [3.05, 3.63) is 63.6 Å². The van der Waals surface area contributed by atoms with Crippen LogP contribution < -0.4 is 10.2 Å². The molecule has 0 bridgehead atoms. The first-order valence-corrected chi connectivity index (χ1v) is 8.57. The summed E-state index contributed by atoms with van der Waals surface area (Å²) in [5.41, 5.74) is 3.58. The number of hydrogen-bond acceptors (Lipinski definition) is 2. The fraction of sp³-hybridized carbons (Fsp3) is 0.263. The van der Waals surface area contributed by atoms with E-state index in [4.69, 9.17) is 0 Å². The van der Waals surface area contributed by atoms with Gasteiger partial charge in [-0.05, 0) is 59.6 Å². The zero-order valence-corrected chi connectivity index (χ0v) is 15.7. The summed E-state index contributed by atoms with van der Waals surface area (Å²) in [5.74, 6) is -0.200. The summed E-state index contributed by atoms with van der Waals surface area (Å²) < 4.78 is 0.864. The molecule has 0 fully saturated rings. The van der Waals surface area contributed by atoms with Gasteiger partial charge in [-0.3, -0.25) is 9.59 Å². The highest BCUT2D eigenvalue weighted by molar-refractivity contribution is 9.10. The first kappa shape index (κ1) is 18.2. The summed E-state index contributed by atoms with van der Waals surface area (Å²) >= 11 is 3.50.